The van der Waals surface area contributed by atoms with E-state index in [4.69, 9.17) is 20.1 Å². The fraction of sp³-hybridized carbons (Fsp3) is 0.600. The van der Waals surface area contributed by atoms with Crippen molar-refractivity contribution >= 4 is 0 Å². The summed E-state index contributed by atoms with van der Waals surface area (Å²) in [6, 6.07) is 5.41. The molecule has 1 aromatic rings. The molecular weight excluding hydrogens is 256 g/mol. The summed E-state index contributed by atoms with van der Waals surface area (Å²) in [6.07, 6.45) is -0.141. The van der Waals surface area contributed by atoms with Crippen molar-refractivity contribution in [3.05, 3.63) is 23.8 Å². The molecule has 0 saturated carbocycles. The minimum Gasteiger partial charge on any atom is -0.496 e. The number of methoxy groups -OCH3 is 3. The third kappa shape index (κ3) is 3.42. The fourth-order valence-electron chi connectivity index (χ4n) is 2.50. The third-order valence-electron chi connectivity index (χ3n) is 3.37. The van der Waals surface area contributed by atoms with E-state index in [1.165, 1.54) is 0 Å². The second-order valence-electron chi connectivity index (χ2n) is 5.74. The van der Waals surface area contributed by atoms with Crippen molar-refractivity contribution in [2.24, 2.45) is 11.3 Å². The van der Waals surface area contributed by atoms with Gasteiger partial charge in [-0.3, -0.25) is 11.3 Å². The van der Waals surface area contributed by atoms with Crippen LogP contribution in [0.4, 0.5) is 0 Å². The standard InChI is InChI=1S/C15H26N2O3/c1-15(2,3)14(20-6)13(17-16)12-10(18-4)8-7-9-11(12)19-5/h7-9,13-14,17H,16H2,1-6H3. The number of benzene rings is 1. The van der Waals surface area contributed by atoms with Crippen LogP contribution in [0.3, 0.4) is 0 Å². The summed E-state index contributed by atoms with van der Waals surface area (Å²) in [5, 5.41) is 0. The highest BCUT2D eigenvalue weighted by Gasteiger charge is 2.36. The minimum atomic E-state index is -0.244. The SMILES string of the molecule is COc1cccc(OC)c1C(NN)C(OC)C(C)(C)C. The number of hydrogen-bond acceptors (Lipinski definition) is 5. The van der Waals surface area contributed by atoms with Gasteiger partial charge >= 0.3 is 0 Å². The molecule has 0 aromatic heterocycles. The first kappa shape index (κ1) is 16.8. The van der Waals surface area contributed by atoms with Crippen LogP contribution >= 0.6 is 0 Å². The molecule has 1 rings (SSSR count). The second-order valence-corrected chi connectivity index (χ2v) is 5.74. The Labute approximate surface area is 121 Å². The van der Waals surface area contributed by atoms with Gasteiger partial charge < -0.3 is 14.2 Å². The van der Waals surface area contributed by atoms with Gasteiger partial charge in [-0.25, -0.2) is 0 Å². The average Bonchev–Trinajstić information content (AvgIpc) is 2.42. The molecule has 0 heterocycles. The van der Waals surface area contributed by atoms with Gasteiger partial charge in [0.05, 0.1) is 31.9 Å². The maximum Gasteiger partial charge on any atom is 0.127 e. The van der Waals surface area contributed by atoms with Crippen molar-refractivity contribution < 1.29 is 14.2 Å². The Morgan fingerprint density at radius 3 is 1.85 bits per heavy atom. The molecule has 0 aliphatic rings. The largest absolute Gasteiger partial charge is 0.496 e. The molecule has 2 atom stereocenters. The molecule has 0 amide bonds. The quantitative estimate of drug-likeness (QED) is 0.619. The maximum absolute atomic E-state index is 5.78. The molecule has 2 unspecified atom stereocenters. The predicted octanol–water partition coefficient (Wildman–Crippen LogP) is 2.27. The Bertz CT molecular complexity index is 407. The highest BCUT2D eigenvalue weighted by molar-refractivity contribution is 5.47. The molecule has 5 nitrogen and oxygen atoms in total. The van der Waals surface area contributed by atoms with Crippen LogP contribution in [0.25, 0.3) is 0 Å². The van der Waals surface area contributed by atoms with Gasteiger partial charge in [0.1, 0.15) is 11.5 Å². The van der Waals surface area contributed by atoms with Crippen LogP contribution in [0, 0.1) is 5.41 Å². The van der Waals surface area contributed by atoms with E-state index in [1.807, 2.05) is 18.2 Å². The van der Waals surface area contributed by atoms with Crippen molar-refractivity contribution in [3.8, 4) is 11.5 Å². The molecule has 3 N–H and O–H groups in total. The topological polar surface area (TPSA) is 65.7 Å². The fourth-order valence-corrected chi connectivity index (χ4v) is 2.50. The zero-order valence-electron chi connectivity index (χ0n) is 13.2. The van der Waals surface area contributed by atoms with Crippen molar-refractivity contribution in [2.45, 2.75) is 32.9 Å². The van der Waals surface area contributed by atoms with Gasteiger partial charge in [-0.05, 0) is 17.5 Å². The Morgan fingerprint density at radius 2 is 1.55 bits per heavy atom. The summed E-state index contributed by atoms with van der Waals surface area (Å²) in [6.45, 7) is 6.31. The number of nitrogens with one attached hydrogen (secondary N) is 1. The summed E-state index contributed by atoms with van der Waals surface area (Å²) >= 11 is 0. The van der Waals surface area contributed by atoms with Crippen LogP contribution in [0.1, 0.15) is 32.4 Å². The highest BCUT2D eigenvalue weighted by Crippen LogP contribution is 2.40. The Kier molecular flexibility index (Phi) is 5.80. The van der Waals surface area contributed by atoms with Gasteiger partial charge in [0, 0.05) is 7.11 Å². The zero-order valence-corrected chi connectivity index (χ0v) is 13.2. The zero-order chi connectivity index (χ0) is 15.3. The number of hydrogen-bond donors (Lipinski definition) is 2. The van der Waals surface area contributed by atoms with E-state index in [0.29, 0.717) is 0 Å². The molecule has 5 heteroatoms. The molecule has 20 heavy (non-hydrogen) atoms. The van der Waals surface area contributed by atoms with Crippen molar-refractivity contribution in [1.29, 1.82) is 0 Å². The molecule has 0 aliphatic carbocycles. The lowest BCUT2D eigenvalue weighted by atomic mass is 9.81. The first-order chi connectivity index (χ1) is 9.40. The Hall–Kier alpha value is -1.30. The summed E-state index contributed by atoms with van der Waals surface area (Å²) in [7, 11) is 4.94. The number of hydrazine groups is 1. The van der Waals surface area contributed by atoms with Crippen molar-refractivity contribution in [1.82, 2.24) is 5.43 Å². The van der Waals surface area contributed by atoms with Gasteiger partial charge in [-0.15, -0.1) is 0 Å². The summed E-state index contributed by atoms with van der Waals surface area (Å²) < 4.78 is 16.6. The molecule has 0 bridgehead atoms. The molecule has 114 valence electrons. The molecule has 0 fully saturated rings. The van der Waals surface area contributed by atoms with Crippen LogP contribution in [0.2, 0.25) is 0 Å². The molecule has 0 saturated heterocycles. The lowest BCUT2D eigenvalue weighted by Gasteiger charge is -2.36. The van der Waals surface area contributed by atoms with Gasteiger partial charge in [-0.1, -0.05) is 26.8 Å². The van der Waals surface area contributed by atoms with E-state index in [-0.39, 0.29) is 17.6 Å². The van der Waals surface area contributed by atoms with E-state index < -0.39 is 0 Å². The maximum atomic E-state index is 5.78. The smallest absolute Gasteiger partial charge is 0.127 e. The van der Waals surface area contributed by atoms with Crippen LogP contribution in [-0.4, -0.2) is 27.4 Å². The Morgan fingerprint density at radius 1 is 1.05 bits per heavy atom. The molecule has 0 aliphatic heterocycles. The van der Waals surface area contributed by atoms with Crippen molar-refractivity contribution in [2.75, 3.05) is 21.3 Å². The van der Waals surface area contributed by atoms with Gasteiger partial charge in [0.15, 0.2) is 0 Å². The monoisotopic (exact) mass is 282 g/mol. The summed E-state index contributed by atoms with van der Waals surface area (Å²) in [5.74, 6) is 7.23. The van der Waals surface area contributed by atoms with Crippen LogP contribution in [0.15, 0.2) is 18.2 Å². The lowest BCUT2D eigenvalue weighted by Crippen LogP contribution is -2.44. The van der Waals surface area contributed by atoms with Crippen LogP contribution < -0.4 is 20.7 Å². The molecular formula is C15H26N2O3. The molecule has 0 spiro atoms. The number of rotatable bonds is 6. The van der Waals surface area contributed by atoms with E-state index in [1.54, 1.807) is 21.3 Å². The minimum absolute atomic E-state index is 0.0996. The van der Waals surface area contributed by atoms with Gasteiger partial charge in [-0.2, -0.15) is 0 Å². The van der Waals surface area contributed by atoms with Gasteiger partial charge in [0.25, 0.3) is 0 Å². The lowest BCUT2D eigenvalue weighted by molar-refractivity contribution is -0.0130. The van der Waals surface area contributed by atoms with E-state index in [2.05, 4.69) is 26.2 Å². The Balaban J connectivity index is 3.37. The molecule has 0 radical (unpaired) electrons. The second kappa shape index (κ2) is 6.92. The van der Waals surface area contributed by atoms with E-state index >= 15 is 0 Å². The number of ether oxygens (including phenoxy) is 3. The molecule has 1 aromatic carbocycles. The normalized spacial score (nSPS) is 14.8. The van der Waals surface area contributed by atoms with Crippen molar-refractivity contribution in [3.63, 3.8) is 0 Å². The van der Waals surface area contributed by atoms with Crippen LogP contribution in [-0.2, 0) is 4.74 Å². The van der Waals surface area contributed by atoms with E-state index in [9.17, 15) is 0 Å². The van der Waals surface area contributed by atoms with Gasteiger partial charge in [0.2, 0.25) is 0 Å². The van der Waals surface area contributed by atoms with E-state index in [0.717, 1.165) is 17.1 Å². The highest BCUT2D eigenvalue weighted by atomic mass is 16.5. The number of nitrogens with two attached hydrogens (primary N) is 1. The first-order valence-electron chi connectivity index (χ1n) is 6.60. The summed E-state index contributed by atoms with van der Waals surface area (Å²) in [4.78, 5) is 0. The first-order valence-corrected chi connectivity index (χ1v) is 6.60. The third-order valence-corrected chi connectivity index (χ3v) is 3.37. The van der Waals surface area contributed by atoms with Crippen LogP contribution in [0.5, 0.6) is 11.5 Å². The predicted molar refractivity (Wildman–Crippen MR) is 79.9 cm³/mol. The summed E-state index contributed by atoms with van der Waals surface area (Å²) in [5.41, 5.74) is 3.60. The average molecular weight is 282 g/mol.